The number of rotatable bonds is 6. The van der Waals surface area contributed by atoms with Crippen molar-refractivity contribution in [2.75, 3.05) is 16.6 Å². The highest BCUT2D eigenvalue weighted by Crippen LogP contribution is 2.24. The molecule has 0 aliphatic heterocycles. The Labute approximate surface area is 113 Å². The first-order chi connectivity index (χ1) is 8.77. The molecule has 0 radical (unpaired) electrons. The molecule has 0 saturated heterocycles. The van der Waals surface area contributed by atoms with Crippen LogP contribution in [0.25, 0.3) is 0 Å². The molecule has 1 N–H and O–H groups in total. The highest BCUT2D eigenvalue weighted by atomic mass is 32.2. The summed E-state index contributed by atoms with van der Waals surface area (Å²) in [7, 11) is -3.47. The summed E-state index contributed by atoms with van der Waals surface area (Å²) in [5.74, 6) is -1.07. The number of hydrogen-bond donors (Lipinski definition) is 1. The Morgan fingerprint density at radius 1 is 1.32 bits per heavy atom. The molecule has 0 fully saturated rings. The Bertz CT molecular complexity index is 566. The first-order valence-electron chi connectivity index (χ1n) is 6.07. The largest absolute Gasteiger partial charge is 0.481 e. The average Bonchev–Trinajstić information content (AvgIpc) is 2.31. The summed E-state index contributed by atoms with van der Waals surface area (Å²) >= 11 is 0. The van der Waals surface area contributed by atoms with Crippen molar-refractivity contribution in [3.8, 4) is 0 Å². The lowest BCUT2D eigenvalue weighted by molar-refractivity contribution is -0.136. The highest BCUT2D eigenvalue weighted by molar-refractivity contribution is 7.92. The van der Waals surface area contributed by atoms with Gasteiger partial charge in [0.15, 0.2) is 0 Å². The fourth-order valence-electron chi connectivity index (χ4n) is 1.85. The van der Waals surface area contributed by atoms with E-state index in [0.717, 1.165) is 11.1 Å². The lowest BCUT2D eigenvalue weighted by atomic mass is 10.1. The number of carboxylic acids is 1. The van der Waals surface area contributed by atoms with Crippen molar-refractivity contribution < 1.29 is 18.3 Å². The van der Waals surface area contributed by atoms with Gasteiger partial charge in [0.2, 0.25) is 10.0 Å². The number of aryl methyl sites for hydroxylation is 2. The lowest BCUT2D eigenvalue weighted by Gasteiger charge is -2.25. The van der Waals surface area contributed by atoms with E-state index in [1.165, 1.54) is 4.31 Å². The van der Waals surface area contributed by atoms with Crippen molar-refractivity contribution in [1.82, 2.24) is 0 Å². The fraction of sp³-hybridized carbons (Fsp3) is 0.462. The second-order valence-corrected chi connectivity index (χ2v) is 6.59. The molecule has 0 aliphatic rings. The minimum atomic E-state index is -3.47. The van der Waals surface area contributed by atoms with Crippen molar-refractivity contribution in [2.45, 2.75) is 27.2 Å². The van der Waals surface area contributed by atoms with Crippen LogP contribution < -0.4 is 4.31 Å². The monoisotopic (exact) mass is 285 g/mol. The summed E-state index contributed by atoms with van der Waals surface area (Å²) in [4.78, 5) is 10.7. The standard InChI is InChI=1S/C13H19NO4S/c1-4-19(17,18)14(8-7-13(15)16)12-6-5-10(2)9-11(12)3/h5-6,9H,4,7-8H2,1-3H3,(H,15,16). The number of nitrogens with zero attached hydrogens (tertiary/aromatic N) is 1. The quantitative estimate of drug-likeness (QED) is 0.866. The summed E-state index contributed by atoms with van der Waals surface area (Å²) < 4.78 is 25.4. The Morgan fingerprint density at radius 2 is 1.95 bits per heavy atom. The van der Waals surface area contributed by atoms with E-state index >= 15 is 0 Å². The van der Waals surface area contributed by atoms with Gasteiger partial charge in [-0.3, -0.25) is 9.10 Å². The molecule has 1 aromatic carbocycles. The Balaban J connectivity index is 3.19. The summed E-state index contributed by atoms with van der Waals surface area (Å²) in [6.07, 6.45) is -0.216. The third-order valence-electron chi connectivity index (χ3n) is 2.85. The van der Waals surface area contributed by atoms with E-state index in [1.54, 1.807) is 13.0 Å². The summed E-state index contributed by atoms with van der Waals surface area (Å²) in [5, 5.41) is 8.74. The number of aliphatic carboxylic acids is 1. The van der Waals surface area contributed by atoms with Gasteiger partial charge < -0.3 is 5.11 Å². The summed E-state index contributed by atoms with van der Waals surface area (Å²) in [6.45, 7) is 5.25. The van der Waals surface area contributed by atoms with E-state index in [-0.39, 0.29) is 18.7 Å². The molecule has 5 nitrogen and oxygen atoms in total. The summed E-state index contributed by atoms with van der Waals surface area (Å²) in [5.41, 5.74) is 2.41. The fourth-order valence-corrected chi connectivity index (χ4v) is 3.03. The van der Waals surface area contributed by atoms with Crippen molar-refractivity contribution >= 4 is 21.7 Å². The minimum absolute atomic E-state index is 0.0462. The maximum Gasteiger partial charge on any atom is 0.305 e. The molecule has 0 amide bonds. The van der Waals surface area contributed by atoms with Crippen molar-refractivity contribution in [2.24, 2.45) is 0 Å². The first-order valence-corrected chi connectivity index (χ1v) is 7.68. The molecule has 0 saturated carbocycles. The molecular weight excluding hydrogens is 266 g/mol. The van der Waals surface area contributed by atoms with Crippen LogP contribution in [0.4, 0.5) is 5.69 Å². The van der Waals surface area contributed by atoms with E-state index in [9.17, 15) is 13.2 Å². The third-order valence-corrected chi connectivity index (χ3v) is 4.63. The van der Waals surface area contributed by atoms with E-state index < -0.39 is 16.0 Å². The maximum atomic E-state index is 12.1. The number of carboxylic acid groups (broad SMARTS) is 1. The van der Waals surface area contributed by atoms with Crippen LogP contribution in [-0.2, 0) is 14.8 Å². The van der Waals surface area contributed by atoms with Gasteiger partial charge in [0, 0.05) is 6.54 Å². The van der Waals surface area contributed by atoms with Crippen molar-refractivity contribution in [3.63, 3.8) is 0 Å². The SMILES string of the molecule is CCS(=O)(=O)N(CCC(=O)O)c1ccc(C)cc1C. The van der Waals surface area contributed by atoms with Gasteiger partial charge >= 0.3 is 5.97 Å². The van der Waals surface area contributed by atoms with Gasteiger partial charge in [-0.05, 0) is 32.4 Å². The van der Waals surface area contributed by atoms with E-state index in [2.05, 4.69) is 0 Å². The molecule has 0 heterocycles. The van der Waals surface area contributed by atoms with E-state index in [0.29, 0.717) is 5.69 Å². The molecule has 0 aromatic heterocycles. The summed E-state index contributed by atoms with van der Waals surface area (Å²) in [6, 6.07) is 5.43. The number of hydrogen-bond acceptors (Lipinski definition) is 3. The van der Waals surface area contributed by atoms with Crippen LogP contribution in [0.15, 0.2) is 18.2 Å². The second-order valence-electron chi connectivity index (χ2n) is 4.41. The molecule has 0 atom stereocenters. The van der Waals surface area contributed by atoms with Crippen molar-refractivity contribution in [1.29, 1.82) is 0 Å². The van der Waals surface area contributed by atoms with Crippen LogP contribution in [0.2, 0.25) is 0 Å². The second kappa shape index (κ2) is 6.06. The molecule has 106 valence electrons. The van der Waals surface area contributed by atoms with Crippen LogP contribution >= 0.6 is 0 Å². The average molecular weight is 285 g/mol. The zero-order chi connectivity index (χ0) is 14.6. The van der Waals surface area contributed by atoms with Gasteiger partial charge in [-0.15, -0.1) is 0 Å². The first kappa shape index (κ1) is 15.5. The Kier molecular flexibility index (Phi) is 4.94. The topological polar surface area (TPSA) is 74.7 Å². The van der Waals surface area contributed by atoms with Crippen LogP contribution in [0.1, 0.15) is 24.5 Å². The van der Waals surface area contributed by atoms with Gasteiger partial charge in [0.05, 0.1) is 17.9 Å². The number of carbonyl (C=O) groups is 1. The van der Waals surface area contributed by atoms with Crippen LogP contribution in [0.3, 0.4) is 0 Å². The molecule has 6 heteroatoms. The van der Waals surface area contributed by atoms with E-state index in [1.807, 2.05) is 26.0 Å². The molecule has 0 spiro atoms. The highest BCUT2D eigenvalue weighted by Gasteiger charge is 2.22. The van der Waals surface area contributed by atoms with Crippen LogP contribution in [0, 0.1) is 13.8 Å². The Morgan fingerprint density at radius 3 is 2.42 bits per heavy atom. The number of anilines is 1. The van der Waals surface area contributed by atoms with Gasteiger partial charge in [0.25, 0.3) is 0 Å². The molecular formula is C13H19NO4S. The molecule has 0 unspecified atom stereocenters. The zero-order valence-corrected chi connectivity index (χ0v) is 12.2. The molecule has 0 bridgehead atoms. The minimum Gasteiger partial charge on any atom is -0.481 e. The number of sulfonamides is 1. The molecule has 0 aliphatic carbocycles. The van der Waals surface area contributed by atoms with Crippen LogP contribution in [0.5, 0.6) is 0 Å². The van der Waals surface area contributed by atoms with Gasteiger partial charge in [-0.25, -0.2) is 8.42 Å². The van der Waals surface area contributed by atoms with E-state index in [4.69, 9.17) is 5.11 Å². The smallest absolute Gasteiger partial charge is 0.305 e. The van der Waals surface area contributed by atoms with Gasteiger partial charge in [0.1, 0.15) is 0 Å². The number of benzene rings is 1. The Hall–Kier alpha value is -1.56. The molecule has 19 heavy (non-hydrogen) atoms. The third kappa shape index (κ3) is 3.96. The maximum absolute atomic E-state index is 12.1. The van der Waals surface area contributed by atoms with Crippen LogP contribution in [-0.4, -0.2) is 31.8 Å². The van der Waals surface area contributed by atoms with Gasteiger partial charge in [-0.1, -0.05) is 17.7 Å². The van der Waals surface area contributed by atoms with Gasteiger partial charge in [-0.2, -0.15) is 0 Å². The van der Waals surface area contributed by atoms with Crippen molar-refractivity contribution in [3.05, 3.63) is 29.3 Å². The predicted molar refractivity (Wildman–Crippen MR) is 75.0 cm³/mol. The molecule has 1 rings (SSSR count). The lowest BCUT2D eigenvalue weighted by Crippen LogP contribution is -2.34. The predicted octanol–water partition coefficient (Wildman–Crippen LogP) is 1.93. The zero-order valence-electron chi connectivity index (χ0n) is 11.4. The molecule has 1 aromatic rings. The normalized spacial score (nSPS) is 11.3.